The second kappa shape index (κ2) is 6.60. The number of carbonyl (C=O) groups excluding carboxylic acids is 3. The Morgan fingerprint density at radius 3 is 2.55 bits per heavy atom. The molecule has 3 amide bonds. The lowest BCUT2D eigenvalue weighted by atomic mass is 10.0. The number of amides is 3. The number of benzene rings is 1. The molecule has 1 heterocycles. The summed E-state index contributed by atoms with van der Waals surface area (Å²) in [6, 6.07) is 5.29. The number of aryl methyl sites for hydroxylation is 1. The summed E-state index contributed by atoms with van der Waals surface area (Å²) in [4.78, 5) is 36.9. The molecule has 2 N–H and O–H groups in total. The fourth-order valence-electron chi connectivity index (χ4n) is 2.50. The molecule has 2 rings (SSSR count). The van der Waals surface area contributed by atoms with Crippen molar-refractivity contribution in [3.05, 3.63) is 23.8 Å². The summed E-state index contributed by atoms with van der Waals surface area (Å²) in [6.07, 6.45) is 1.83. The van der Waals surface area contributed by atoms with Crippen molar-refractivity contribution in [2.45, 2.75) is 39.7 Å². The standard InChI is InChI=1S/C16H21N3O3/c1-10(2)17-15(21)16(22)18-13-7-6-12-5-4-8-19(11(3)20)14(12)9-13/h6-7,9-10H,4-5,8H2,1-3H3,(H,17,21)(H,18,22). The molecule has 1 aliphatic rings. The van der Waals surface area contributed by atoms with Gasteiger partial charge in [-0.2, -0.15) is 0 Å². The largest absolute Gasteiger partial charge is 0.346 e. The predicted octanol–water partition coefficient (Wildman–Crippen LogP) is 1.45. The molecular formula is C16H21N3O3. The van der Waals surface area contributed by atoms with Crippen LogP contribution >= 0.6 is 0 Å². The first kappa shape index (κ1) is 16.0. The molecule has 0 aliphatic carbocycles. The molecule has 1 aliphatic heterocycles. The van der Waals surface area contributed by atoms with Crippen LogP contribution in [-0.2, 0) is 20.8 Å². The molecule has 1 aromatic rings. The summed E-state index contributed by atoms with van der Waals surface area (Å²) in [6.45, 7) is 5.77. The maximum atomic E-state index is 11.8. The van der Waals surface area contributed by atoms with E-state index in [2.05, 4.69) is 10.6 Å². The normalized spacial score (nSPS) is 13.5. The van der Waals surface area contributed by atoms with E-state index in [0.29, 0.717) is 12.2 Å². The van der Waals surface area contributed by atoms with Crippen molar-refractivity contribution in [2.24, 2.45) is 0 Å². The molecule has 22 heavy (non-hydrogen) atoms. The highest BCUT2D eigenvalue weighted by Gasteiger charge is 2.21. The van der Waals surface area contributed by atoms with Crippen LogP contribution in [0.4, 0.5) is 11.4 Å². The third-order valence-corrected chi connectivity index (χ3v) is 3.47. The molecule has 0 atom stereocenters. The van der Waals surface area contributed by atoms with Crippen molar-refractivity contribution in [1.29, 1.82) is 0 Å². The molecular weight excluding hydrogens is 282 g/mol. The van der Waals surface area contributed by atoms with Crippen LogP contribution < -0.4 is 15.5 Å². The summed E-state index contributed by atoms with van der Waals surface area (Å²) in [5.41, 5.74) is 2.39. The third-order valence-electron chi connectivity index (χ3n) is 3.47. The highest BCUT2D eigenvalue weighted by atomic mass is 16.2. The van der Waals surface area contributed by atoms with E-state index in [1.807, 2.05) is 6.07 Å². The van der Waals surface area contributed by atoms with Gasteiger partial charge in [0, 0.05) is 30.9 Å². The van der Waals surface area contributed by atoms with Crippen LogP contribution in [0.1, 0.15) is 32.8 Å². The molecule has 6 heteroatoms. The molecule has 6 nitrogen and oxygen atoms in total. The molecule has 0 unspecified atom stereocenters. The van der Waals surface area contributed by atoms with Gasteiger partial charge in [-0.25, -0.2) is 0 Å². The summed E-state index contributed by atoms with van der Waals surface area (Å²) in [5, 5.41) is 5.10. The van der Waals surface area contributed by atoms with Gasteiger partial charge in [-0.3, -0.25) is 14.4 Å². The van der Waals surface area contributed by atoms with Crippen molar-refractivity contribution < 1.29 is 14.4 Å². The molecule has 0 spiro atoms. The predicted molar refractivity (Wildman–Crippen MR) is 84.7 cm³/mol. The number of nitrogens with one attached hydrogen (secondary N) is 2. The molecule has 0 radical (unpaired) electrons. The number of hydrogen-bond donors (Lipinski definition) is 2. The Hall–Kier alpha value is -2.37. The van der Waals surface area contributed by atoms with Gasteiger partial charge < -0.3 is 15.5 Å². The van der Waals surface area contributed by atoms with E-state index >= 15 is 0 Å². The number of rotatable bonds is 2. The Morgan fingerprint density at radius 2 is 1.91 bits per heavy atom. The van der Waals surface area contributed by atoms with Gasteiger partial charge in [0.1, 0.15) is 0 Å². The Labute approximate surface area is 129 Å². The summed E-state index contributed by atoms with van der Waals surface area (Å²) in [7, 11) is 0. The lowest BCUT2D eigenvalue weighted by Crippen LogP contribution is -2.39. The molecule has 118 valence electrons. The summed E-state index contributed by atoms with van der Waals surface area (Å²) in [5.74, 6) is -1.41. The number of hydrogen-bond acceptors (Lipinski definition) is 3. The van der Waals surface area contributed by atoms with Gasteiger partial charge in [-0.15, -0.1) is 0 Å². The Kier molecular flexibility index (Phi) is 4.80. The van der Waals surface area contributed by atoms with Gasteiger partial charge in [0.15, 0.2) is 0 Å². The van der Waals surface area contributed by atoms with Crippen molar-refractivity contribution in [3.8, 4) is 0 Å². The lowest BCUT2D eigenvalue weighted by Gasteiger charge is -2.29. The Bertz CT molecular complexity index is 611. The van der Waals surface area contributed by atoms with E-state index in [-0.39, 0.29) is 11.9 Å². The fraction of sp³-hybridized carbons (Fsp3) is 0.438. The Balaban J connectivity index is 2.17. The number of fused-ring (bicyclic) bond motifs is 1. The van der Waals surface area contributed by atoms with E-state index in [1.165, 1.54) is 6.92 Å². The zero-order valence-corrected chi connectivity index (χ0v) is 13.1. The van der Waals surface area contributed by atoms with Crippen molar-refractivity contribution in [2.75, 3.05) is 16.8 Å². The molecule has 0 saturated carbocycles. The van der Waals surface area contributed by atoms with Gasteiger partial charge in [-0.1, -0.05) is 6.07 Å². The van der Waals surface area contributed by atoms with Crippen molar-refractivity contribution in [3.63, 3.8) is 0 Å². The van der Waals surface area contributed by atoms with Crippen LogP contribution in [0.15, 0.2) is 18.2 Å². The first-order valence-electron chi connectivity index (χ1n) is 7.41. The molecule has 1 aromatic carbocycles. The second-order valence-electron chi connectivity index (χ2n) is 5.70. The maximum absolute atomic E-state index is 11.8. The average Bonchev–Trinajstić information content (AvgIpc) is 2.45. The van der Waals surface area contributed by atoms with E-state index < -0.39 is 11.8 Å². The van der Waals surface area contributed by atoms with E-state index in [4.69, 9.17) is 0 Å². The highest BCUT2D eigenvalue weighted by Crippen LogP contribution is 2.30. The molecule has 0 bridgehead atoms. The number of carbonyl (C=O) groups is 3. The van der Waals surface area contributed by atoms with Gasteiger partial charge >= 0.3 is 11.8 Å². The topological polar surface area (TPSA) is 78.5 Å². The van der Waals surface area contributed by atoms with E-state index in [0.717, 1.165) is 24.1 Å². The smallest absolute Gasteiger partial charge is 0.313 e. The maximum Gasteiger partial charge on any atom is 0.313 e. The van der Waals surface area contributed by atoms with Gasteiger partial charge in [0.2, 0.25) is 5.91 Å². The Morgan fingerprint density at radius 1 is 1.18 bits per heavy atom. The first-order chi connectivity index (χ1) is 10.4. The summed E-state index contributed by atoms with van der Waals surface area (Å²) >= 11 is 0. The highest BCUT2D eigenvalue weighted by molar-refractivity contribution is 6.39. The third kappa shape index (κ3) is 3.63. The van der Waals surface area contributed by atoms with Crippen LogP contribution in [0.3, 0.4) is 0 Å². The number of anilines is 2. The van der Waals surface area contributed by atoms with E-state index in [9.17, 15) is 14.4 Å². The fourth-order valence-corrected chi connectivity index (χ4v) is 2.50. The molecule has 0 fully saturated rings. The lowest BCUT2D eigenvalue weighted by molar-refractivity contribution is -0.136. The first-order valence-corrected chi connectivity index (χ1v) is 7.41. The van der Waals surface area contributed by atoms with Gasteiger partial charge in [0.25, 0.3) is 0 Å². The zero-order valence-electron chi connectivity index (χ0n) is 13.1. The second-order valence-corrected chi connectivity index (χ2v) is 5.70. The van der Waals surface area contributed by atoms with Crippen LogP contribution in [-0.4, -0.2) is 30.3 Å². The molecule has 0 saturated heterocycles. The van der Waals surface area contributed by atoms with Crippen molar-refractivity contribution >= 4 is 29.1 Å². The SMILES string of the molecule is CC(=O)N1CCCc2ccc(NC(=O)C(=O)NC(C)C)cc21. The zero-order chi connectivity index (χ0) is 16.3. The minimum atomic E-state index is -0.709. The van der Waals surface area contributed by atoms with Crippen LogP contribution in [0, 0.1) is 0 Å². The van der Waals surface area contributed by atoms with Crippen LogP contribution in [0.5, 0.6) is 0 Å². The number of nitrogens with zero attached hydrogens (tertiary/aromatic N) is 1. The van der Waals surface area contributed by atoms with Crippen LogP contribution in [0.2, 0.25) is 0 Å². The van der Waals surface area contributed by atoms with Crippen molar-refractivity contribution in [1.82, 2.24) is 5.32 Å². The monoisotopic (exact) mass is 303 g/mol. The summed E-state index contributed by atoms with van der Waals surface area (Å²) < 4.78 is 0. The molecule has 0 aromatic heterocycles. The quantitative estimate of drug-likeness (QED) is 0.812. The van der Waals surface area contributed by atoms with Gasteiger partial charge in [0.05, 0.1) is 0 Å². The van der Waals surface area contributed by atoms with Crippen LogP contribution in [0.25, 0.3) is 0 Å². The van der Waals surface area contributed by atoms with E-state index in [1.54, 1.807) is 30.9 Å². The van der Waals surface area contributed by atoms with Gasteiger partial charge in [-0.05, 0) is 44.4 Å². The average molecular weight is 303 g/mol. The minimum absolute atomic E-state index is 0.0259. The minimum Gasteiger partial charge on any atom is -0.346 e.